The topological polar surface area (TPSA) is 74.8 Å². The molecule has 1 aromatic rings. The fourth-order valence-corrected chi connectivity index (χ4v) is 5.77. The molecule has 2 heterocycles. The van der Waals surface area contributed by atoms with E-state index in [1.54, 1.807) is 0 Å². The molecule has 2 aliphatic rings. The van der Waals surface area contributed by atoms with Crippen molar-refractivity contribution < 1.29 is 18.0 Å². The predicted octanol–water partition coefficient (Wildman–Crippen LogP) is 3.23. The van der Waals surface area contributed by atoms with E-state index in [4.69, 9.17) is 0 Å². The molecule has 28 heavy (non-hydrogen) atoms. The van der Waals surface area contributed by atoms with E-state index in [0.717, 1.165) is 51.6 Å². The third-order valence-corrected chi connectivity index (χ3v) is 7.70. The van der Waals surface area contributed by atoms with Gasteiger partial charge in [-0.25, -0.2) is 8.42 Å². The minimum Gasteiger partial charge on any atom is -0.341 e. The van der Waals surface area contributed by atoms with Crippen LogP contribution >= 0.6 is 0 Å². The first kappa shape index (κ1) is 21.0. The summed E-state index contributed by atoms with van der Waals surface area (Å²) in [6.07, 6.45) is 7.61. The Hall–Kier alpha value is -1.73. The zero-order valence-electron chi connectivity index (χ0n) is 16.6. The number of ketones is 1. The molecule has 2 saturated heterocycles. The molecule has 1 atom stereocenters. The number of likely N-dealkylation sites (tertiary alicyclic amines) is 1. The largest absolute Gasteiger partial charge is 0.341 e. The molecular weight excluding hydrogens is 376 g/mol. The summed E-state index contributed by atoms with van der Waals surface area (Å²) in [5.41, 5.74) is 0.478. The summed E-state index contributed by atoms with van der Waals surface area (Å²) in [7, 11) is -3.78. The van der Waals surface area contributed by atoms with Crippen molar-refractivity contribution >= 4 is 21.7 Å². The monoisotopic (exact) mass is 406 g/mol. The van der Waals surface area contributed by atoms with Crippen molar-refractivity contribution in [3.63, 3.8) is 0 Å². The summed E-state index contributed by atoms with van der Waals surface area (Å²) in [4.78, 5) is 26.7. The molecule has 1 amide bonds. The Kier molecular flexibility index (Phi) is 6.88. The number of rotatable bonds is 4. The maximum Gasteiger partial charge on any atom is 0.243 e. The minimum atomic E-state index is -3.78. The second kappa shape index (κ2) is 9.18. The lowest BCUT2D eigenvalue weighted by molar-refractivity contribution is -0.136. The Bertz CT molecular complexity index is 796. The van der Waals surface area contributed by atoms with Gasteiger partial charge in [0.2, 0.25) is 15.9 Å². The third-order valence-electron chi connectivity index (χ3n) is 5.77. The molecule has 0 aromatic heterocycles. The van der Waals surface area contributed by atoms with Crippen molar-refractivity contribution in [2.45, 2.75) is 69.2 Å². The smallest absolute Gasteiger partial charge is 0.243 e. The van der Waals surface area contributed by atoms with E-state index < -0.39 is 16.1 Å². The maximum atomic E-state index is 13.3. The van der Waals surface area contributed by atoms with E-state index in [0.29, 0.717) is 18.5 Å². The number of benzene rings is 1. The zero-order chi connectivity index (χ0) is 20.1. The van der Waals surface area contributed by atoms with Gasteiger partial charge in [0.15, 0.2) is 5.78 Å². The van der Waals surface area contributed by atoms with Gasteiger partial charge in [0.1, 0.15) is 6.04 Å². The Morgan fingerprint density at radius 3 is 2.04 bits per heavy atom. The minimum absolute atomic E-state index is 0.0504. The van der Waals surface area contributed by atoms with Gasteiger partial charge in [-0.15, -0.1) is 0 Å². The summed E-state index contributed by atoms with van der Waals surface area (Å²) in [5.74, 6) is -0.155. The number of hydrogen-bond donors (Lipinski definition) is 0. The molecule has 0 saturated carbocycles. The number of piperidine rings is 1. The van der Waals surface area contributed by atoms with Gasteiger partial charge < -0.3 is 4.90 Å². The quantitative estimate of drug-likeness (QED) is 0.720. The second-order valence-electron chi connectivity index (χ2n) is 7.80. The maximum absolute atomic E-state index is 13.3. The average molecular weight is 407 g/mol. The number of nitrogens with zero attached hydrogens (tertiary/aromatic N) is 2. The number of Topliss-reactive ketones (excluding diaryl/α,β-unsaturated/α-hetero) is 1. The first-order valence-electron chi connectivity index (χ1n) is 10.3. The lowest BCUT2D eigenvalue weighted by atomic mass is 10.0. The van der Waals surface area contributed by atoms with Gasteiger partial charge in [0.05, 0.1) is 4.90 Å². The summed E-state index contributed by atoms with van der Waals surface area (Å²) >= 11 is 0. The van der Waals surface area contributed by atoms with Gasteiger partial charge in [0, 0.05) is 25.2 Å². The van der Waals surface area contributed by atoms with Crippen LogP contribution in [0.3, 0.4) is 0 Å². The van der Waals surface area contributed by atoms with Gasteiger partial charge in [-0.05, 0) is 44.7 Å². The molecule has 1 aromatic carbocycles. The van der Waals surface area contributed by atoms with Crippen molar-refractivity contribution in [1.82, 2.24) is 9.21 Å². The van der Waals surface area contributed by atoms with Crippen LogP contribution in [-0.2, 0) is 14.8 Å². The molecule has 2 fully saturated rings. The number of amides is 1. The van der Waals surface area contributed by atoms with Crippen LogP contribution in [0.25, 0.3) is 0 Å². The zero-order valence-corrected chi connectivity index (χ0v) is 17.4. The average Bonchev–Trinajstić information content (AvgIpc) is 2.67. The predicted molar refractivity (Wildman–Crippen MR) is 108 cm³/mol. The SMILES string of the molecule is CC(=O)c1ccc(S(=O)(=O)N2CCCCC2C(=O)N2CCCCCCC2)cc1. The number of hydrogen-bond acceptors (Lipinski definition) is 4. The van der Waals surface area contributed by atoms with Crippen molar-refractivity contribution in [2.24, 2.45) is 0 Å². The van der Waals surface area contributed by atoms with Crippen molar-refractivity contribution in [1.29, 1.82) is 0 Å². The summed E-state index contributed by atoms with van der Waals surface area (Å²) in [6.45, 7) is 3.25. The van der Waals surface area contributed by atoms with Gasteiger partial charge >= 0.3 is 0 Å². The third kappa shape index (κ3) is 4.63. The lowest BCUT2D eigenvalue weighted by Crippen LogP contribution is -2.53. The molecule has 7 heteroatoms. The molecule has 6 nitrogen and oxygen atoms in total. The van der Waals surface area contributed by atoms with Crippen molar-refractivity contribution in [3.05, 3.63) is 29.8 Å². The van der Waals surface area contributed by atoms with Crippen LogP contribution < -0.4 is 0 Å². The highest BCUT2D eigenvalue weighted by Crippen LogP contribution is 2.27. The Morgan fingerprint density at radius 1 is 0.857 bits per heavy atom. The second-order valence-corrected chi connectivity index (χ2v) is 9.69. The first-order valence-corrected chi connectivity index (χ1v) is 11.8. The van der Waals surface area contributed by atoms with E-state index in [-0.39, 0.29) is 16.6 Å². The van der Waals surface area contributed by atoms with Gasteiger partial charge in [-0.2, -0.15) is 4.31 Å². The van der Waals surface area contributed by atoms with Gasteiger partial charge in [0.25, 0.3) is 0 Å². The molecule has 2 aliphatic heterocycles. The summed E-state index contributed by atoms with van der Waals surface area (Å²) < 4.78 is 27.9. The van der Waals surface area contributed by atoms with Crippen LogP contribution in [0, 0.1) is 0 Å². The fraction of sp³-hybridized carbons (Fsp3) is 0.619. The highest BCUT2D eigenvalue weighted by atomic mass is 32.2. The molecular formula is C21H30N2O4S. The number of sulfonamides is 1. The Labute approximate surface area is 167 Å². The van der Waals surface area contributed by atoms with Gasteiger partial charge in [-0.1, -0.05) is 37.8 Å². The molecule has 0 bridgehead atoms. The first-order chi connectivity index (χ1) is 13.4. The fourth-order valence-electron chi connectivity index (χ4n) is 4.12. The van der Waals surface area contributed by atoms with Crippen LogP contribution in [-0.4, -0.2) is 55.0 Å². The van der Waals surface area contributed by atoms with Crippen LogP contribution in [0.5, 0.6) is 0 Å². The molecule has 1 unspecified atom stereocenters. The van der Waals surface area contributed by atoms with E-state index in [2.05, 4.69) is 0 Å². The van der Waals surface area contributed by atoms with Crippen molar-refractivity contribution in [3.8, 4) is 0 Å². The number of carbonyl (C=O) groups is 2. The summed E-state index contributed by atoms with van der Waals surface area (Å²) in [5, 5.41) is 0. The molecule has 3 rings (SSSR count). The summed E-state index contributed by atoms with van der Waals surface area (Å²) in [6, 6.07) is 5.39. The molecule has 154 valence electrons. The normalized spacial score (nSPS) is 22.3. The van der Waals surface area contributed by atoms with E-state index >= 15 is 0 Å². The van der Waals surface area contributed by atoms with E-state index in [1.165, 1.54) is 41.9 Å². The van der Waals surface area contributed by atoms with E-state index in [9.17, 15) is 18.0 Å². The Balaban J connectivity index is 1.83. The van der Waals surface area contributed by atoms with E-state index in [1.807, 2.05) is 4.90 Å². The van der Waals surface area contributed by atoms with Crippen LogP contribution in [0.1, 0.15) is 68.6 Å². The molecule has 0 radical (unpaired) electrons. The highest BCUT2D eigenvalue weighted by molar-refractivity contribution is 7.89. The standard InChI is InChI=1S/C21H30N2O4S/c1-17(24)18-10-12-19(13-11-18)28(26,27)23-16-8-5-9-20(23)21(25)22-14-6-3-2-4-7-15-22/h10-13,20H,2-9,14-16H2,1H3. The lowest BCUT2D eigenvalue weighted by Gasteiger charge is -2.37. The Morgan fingerprint density at radius 2 is 1.43 bits per heavy atom. The van der Waals surface area contributed by atoms with Crippen molar-refractivity contribution in [2.75, 3.05) is 19.6 Å². The van der Waals surface area contributed by atoms with Gasteiger partial charge in [-0.3, -0.25) is 9.59 Å². The van der Waals surface area contributed by atoms with Crippen LogP contribution in [0.4, 0.5) is 0 Å². The molecule has 0 aliphatic carbocycles. The number of carbonyl (C=O) groups excluding carboxylic acids is 2. The van der Waals surface area contributed by atoms with Crippen LogP contribution in [0.15, 0.2) is 29.2 Å². The molecule has 0 spiro atoms. The molecule has 0 N–H and O–H groups in total. The highest BCUT2D eigenvalue weighted by Gasteiger charge is 2.39. The van der Waals surface area contributed by atoms with Crippen LogP contribution in [0.2, 0.25) is 0 Å².